The summed E-state index contributed by atoms with van der Waals surface area (Å²) >= 11 is 1.64. The highest BCUT2D eigenvalue weighted by Crippen LogP contribution is 2.30. The summed E-state index contributed by atoms with van der Waals surface area (Å²) in [7, 11) is 1.67. The summed E-state index contributed by atoms with van der Waals surface area (Å²) in [6, 6.07) is 17.9. The van der Waals surface area contributed by atoms with Gasteiger partial charge in [-0.25, -0.2) is 4.98 Å². The lowest BCUT2D eigenvalue weighted by Crippen LogP contribution is -2.03. The van der Waals surface area contributed by atoms with Gasteiger partial charge < -0.3 is 13.7 Å². The Morgan fingerprint density at radius 3 is 2.48 bits per heavy atom. The number of benzene rings is 2. The number of rotatable bonds is 9. The first-order valence-corrected chi connectivity index (χ1v) is 11.4. The van der Waals surface area contributed by atoms with Gasteiger partial charge in [-0.2, -0.15) is 0 Å². The lowest BCUT2D eigenvalue weighted by Gasteiger charge is -2.10. The highest BCUT2D eigenvalue weighted by molar-refractivity contribution is 7.98. The second-order valence-corrected chi connectivity index (χ2v) is 8.16. The highest BCUT2D eigenvalue weighted by atomic mass is 32.2. The van der Waals surface area contributed by atoms with Crippen LogP contribution in [0.5, 0.6) is 5.75 Å². The Balaban J connectivity index is 1.55. The SMILES string of the molecule is CCCCn1c(SCc2nc(-c3ccccc3)oc2C)nnc1-c1ccc(OC)cc1. The lowest BCUT2D eigenvalue weighted by atomic mass is 10.2. The average Bonchev–Trinajstić information content (AvgIpc) is 3.39. The number of oxazole rings is 1. The third-order valence-corrected chi connectivity index (χ3v) is 6.03. The summed E-state index contributed by atoms with van der Waals surface area (Å²) in [5.41, 5.74) is 2.94. The molecule has 0 aliphatic carbocycles. The van der Waals surface area contributed by atoms with Crippen LogP contribution in [0, 0.1) is 6.92 Å². The summed E-state index contributed by atoms with van der Waals surface area (Å²) in [5.74, 6) is 3.87. The predicted molar refractivity (Wildman–Crippen MR) is 123 cm³/mol. The largest absolute Gasteiger partial charge is 0.497 e. The van der Waals surface area contributed by atoms with E-state index >= 15 is 0 Å². The Bertz CT molecular complexity index is 1120. The fourth-order valence-corrected chi connectivity index (χ4v) is 4.23. The predicted octanol–water partition coefficient (Wildman–Crippen LogP) is 6.01. The molecule has 160 valence electrons. The maximum atomic E-state index is 5.90. The molecule has 0 bridgehead atoms. The molecule has 0 radical (unpaired) electrons. The van der Waals surface area contributed by atoms with Gasteiger partial charge in [-0.15, -0.1) is 10.2 Å². The Hall–Kier alpha value is -3.06. The molecule has 4 aromatic rings. The molecule has 0 saturated carbocycles. The van der Waals surface area contributed by atoms with Crippen molar-refractivity contribution in [3.8, 4) is 28.6 Å². The number of methoxy groups -OCH3 is 1. The van der Waals surface area contributed by atoms with Gasteiger partial charge in [0.15, 0.2) is 11.0 Å². The Morgan fingerprint density at radius 2 is 1.77 bits per heavy atom. The molecule has 0 N–H and O–H groups in total. The van der Waals surface area contributed by atoms with Crippen molar-refractivity contribution in [3.05, 3.63) is 66.1 Å². The van der Waals surface area contributed by atoms with E-state index in [0.717, 1.165) is 58.7 Å². The van der Waals surface area contributed by atoms with Crippen LogP contribution in [-0.2, 0) is 12.3 Å². The van der Waals surface area contributed by atoms with Crippen LogP contribution >= 0.6 is 11.8 Å². The van der Waals surface area contributed by atoms with Crippen LogP contribution in [0.1, 0.15) is 31.2 Å². The van der Waals surface area contributed by atoms with Crippen molar-refractivity contribution in [2.45, 2.75) is 44.1 Å². The summed E-state index contributed by atoms with van der Waals surface area (Å²) in [6.45, 7) is 5.02. The van der Waals surface area contributed by atoms with Crippen LogP contribution in [0.15, 0.2) is 64.2 Å². The molecule has 0 atom stereocenters. The van der Waals surface area contributed by atoms with E-state index in [1.165, 1.54) is 0 Å². The Kier molecular flexibility index (Phi) is 6.72. The second kappa shape index (κ2) is 9.83. The molecule has 2 aromatic heterocycles. The van der Waals surface area contributed by atoms with Crippen molar-refractivity contribution in [2.24, 2.45) is 0 Å². The fraction of sp³-hybridized carbons (Fsp3) is 0.292. The molecule has 6 nitrogen and oxygen atoms in total. The molecular formula is C24H26N4O2S. The third kappa shape index (κ3) is 4.82. The van der Waals surface area contributed by atoms with E-state index in [1.807, 2.05) is 61.5 Å². The molecule has 0 aliphatic rings. The number of aromatic nitrogens is 4. The highest BCUT2D eigenvalue weighted by Gasteiger charge is 2.17. The standard InChI is InChI=1S/C24H26N4O2S/c1-4-5-15-28-22(18-11-13-20(29-3)14-12-18)26-27-24(28)31-16-21-17(2)30-23(25-21)19-9-7-6-8-10-19/h6-14H,4-5,15-16H2,1-3H3. The molecule has 31 heavy (non-hydrogen) atoms. The molecule has 0 fully saturated rings. The molecule has 0 amide bonds. The zero-order valence-corrected chi connectivity index (χ0v) is 18.9. The van der Waals surface area contributed by atoms with E-state index in [4.69, 9.17) is 14.1 Å². The van der Waals surface area contributed by atoms with Gasteiger partial charge in [0.2, 0.25) is 5.89 Å². The van der Waals surface area contributed by atoms with Gasteiger partial charge in [-0.3, -0.25) is 0 Å². The number of nitrogens with zero attached hydrogens (tertiary/aromatic N) is 4. The Morgan fingerprint density at radius 1 is 1.00 bits per heavy atom. The first-order chi connectivity index (χ1) is 15.2. The molecule has 7 heteroatoms. The van der Waals surface area contributed by atoms with Gasteiger partial charge >= 0.3 is 0 Å². The van der Waals surface area contributed by atoms with E-state index in [2.05, 4.69) is 21.7 Å². The molecular weight excluding hydrogens is 408 g/mol. The smallest absolute Gasteiger partial charge is 0.226 e. The third-order valence-electron chi connectivity index (χ3n) is 5.05. The zero-order chi connectivity index (χ0) is 21.6. The van der Waals surface area contributed by atoms with Crippen molar-refractivity contribution in [1.29, 1.82) is 0 Å². The summed E-state index contributed by atoms with van der Waals surface area (Å²) < 4.78 is 13.4. The van der Waals surface area contributed by atoms with Crippen molar-refractivity contribution in [3.63, 3.8) is 0 Å². The summed E-state index contributed by atoms with van der Waals surface area (Å²) in [5, 5.41) is 9.87. The van der Waals surface area contributed by atoms with Crippen molar-refractivity contribution in [2.75, 3.05) is 7.11 Å². The average molecular weight is 435 g/mol. The van der Waals surface area contributed by atoms with Crippen LogP contribution in [-0.4, -0.2) is 26.9 Å². The van der Waals surface area contributed by atoms with E-state index < -0.39 is 0 Å². The minimum absolute atomic E-state index is 0.653. The van der Waals surface area contributed by atoms with Gasteiger partial charge in [0, 0.05) is 23.4 Å². The van der Waals surface area contributed by atoms with Crippen LogP contribution in [0.3, 0.4) is 0 Å². The van der Waals surface area contributed by atoms with Gasteiger partial charge in [-0.1, -0.05) is 43.3 Å². The Labute approximate surface area is 186 Å². The minimum atomic E-state index is 0.653. The maximum Gasteiger partial charge on any atom is 0.226 e. The molecule has 2 aromatic carbocycles. The quantitative estimate of drug-likeness (QED) is 0.301. The second-order valence-electron chi connectivity index (χ2n) is 7.22. The normalized spacial score (nSPS) is 11.1. The number of aryl methyl sites for hydroxylation is 1. The van der Waals surface area contributed by atoms with Gasteiger partial charge in [0.25, 0.3) is 0 Å². The number of hydrogen-bond donors (Lipinski definition) is 0. The van der Waals surface area contributed by atoms with E-state index in [-0.39, 0.29) is 0 Å². The number of ether oxygens (including phenoxy) is 1. The minimum Gasteiger partial charge on any atom is -0.497 e. The molecule has 0 aliphatic heterocycles. The molecule has 2 heterocycles. The van der Waals surface area contributed by atoms with Crippen LogP contribution in [0.4, 0.5) is 0 Å². The number of thioether (sulfide) groups is 1. The zero-order valence-electron chi connectivity index (χ0n) is 18.0. The maximum absolute atomic E-state index is 5.90. The molecule has 0 saturated heterocycles. The summed E-state index contributed by atoms with van der Waals surface area (Å²) in [6.07, 6.45) is 2.17. The summed E-state index contributed by atoms with van der Waals surface area (Å²) in [4.78, 5) is 4.71. The monoisotopic (exact) mass is 434 g/mol. The van der Waals surface area contributed by atoms with E-state index in [1.54, 1.807) is 18.9 Å². The topological polar surface area (TPSA) is 66.0 Å². The van der Waals surface area contributed by atoms with Crippen LogP contribution < -0.4 is 4.74 Å². The van der Waals surface area contributed by atoms with Crippen molar-refractivity contribution in [1.82, 2.24) is 19.7 Å². The van der Waals surface area contributed by atoms with Gasteiger partial charge in [-0.05, 0) is 49.7 Å². The lowest BCUT2D eigenvalue weighted by molar-refractivity contribution is 0.415. The van der Waals surface area contributed by atoms with E-state index in [0.29, 0.717) is 11.6 Å². The first kappa shape index (κ1) is 21.2. The molecule has 0 spiro atoms. The number of unbranched alkanes of at least 4 members (excludes halogenated alkanes) is 1. The van der Waals surface area contributed by atoms with Gasteiger partial charge in [0.05, 0.1) is 12.8 Å². The van der Waals surface area contributed by atoms with Crippen molar-refractivity contribution < 1.29 is 9.15 Å². The molecule has 4 rings (SSSR count). The van der Waals surface area contributed by atoms with E-state index in [9.17, 15) is 0 Å². The molecule has 0 unspecified atom stereocenters. The van der Waals surface area contributed by atoms with Crippen LogP contribution in [0.25, 0.3) is 22.8 Å². The van der Waals surface area contributed by atoms with Crippen molar-refractivity contribution >= 4 is 11.8 Å². The number of hydrogen-bond acceptors (Lipinski definition) is 6. The van der Waals surface area contributed by atoms with Crippen LogP contribution in [0.2, 0.25) is 0 Å². The fourth-order valence-electron chi connectivity index (χ4n) is 3.27. The van der Waals surface area contributed by atoms with Gasteiger partial charge in [0.1, 0.15) is 11.5 Å². The first-order valence-electron chi connectivity index (χ1n) is 10.4.